The van der Waals surface area contributed by atoms with Crippen molar-refractivity contribution in [2.75, 3.05) is 5.75 Å². The van der Waals surface area contributed by atoms with Crippen LogP contribution in [-0.2, 0) is 0 Å². The van der Waals surface area contributed by atoms with E-state index in [9.17, 15) is 4.79 Å². The molecule has 0 bridgehead atoms. The number of aryl methyl sites for hydroxylation is 1. The van der Waals surface area contributed by atoms with Gasteiger partial charge in [-0.3, -0.25) is 9.36 Å². The average Bonchev–Trinajstić information content (AvgIpc) is 3.17. The van der Waals surface area contributed by atoms with Crippen molar-refractivity contribution in [1.29, 1.82) is 0 Å². The number of halogens is 2. The predicted octanol–water partition coefficient (Wildman–Crippen LogP) is 6.52. The minimum atomic E-state index is -0.00517. The van der Waals surface area contributed by atoms with Gasteiger partial charge in [-0.2, -0.15) is 0 Å². The van der Waals surface area contributed by atoms with Crippen LogP contribution < -0.4 is 0 Å². The summed E-state index contributed by atoms with van der Waals surface area (Å²) in [5.41, 5.74) is 3.45. The molecule has 0 radical (unpaired) electrons. The number of nitrogens with zero attached hydrogens (tertiary/aromatic N) is 3. The Bertz CT molecular complexity index is 1190. The van der Waals surface area contributed by atoms with Gasteiger partial charge in [0.2, 0.25) is 0 Å². The van der Waals surface area contributed by atoms with Crippen LogP contribution in [0, 0.1) is 6.92 Å². The molecule has 0 saturated heterocycles. The molecule has 0 atom stereocenters. The lowest BCUT2D eigenvalue weighted by atomic mass is 10.1. The molecule has 4 aromatic rings. The second-order valence-electron chi connectivity index (χ2n) is 6.68. The number of Topliss-reactive ketones (excluding diaryl/α,β-unsaturated/α-hetero) is 1. The molecule has 150 valence electrons. The number of rotatable bonds is 6. The molecule has 7 heteroatoms. The van der Waals surface area contributed by atoms with E-state index in [1.54, 1.807) is 24.3 Å². The fourth-order valence-corrected chi connectivity index (χ4v) is 4.15. The number of benzene rings is 3. The molecule has 0 saturated carbocycles. The van der Waals surface area contributed by atoms with E-state index in [4.69, 9.17) is 23.2 Å². The number of carbonyl (C=O) groups excluding carboxylic acids is 1. The van der Waals surface area contributed by atoms with Crippen molar-refractivity contribution in [2.24, 2.45) is 0 Å². The Balaban J connectivity index is 1.69. The van der Waals surface area contributed by atoms with Crippen molar-refractivity contribution in [2.45, 2.75) is 12.1 Å². The summed E-state index contributed by atoms with van der Waals surface area (Å²) >= 11 is 13.7. The molecule has 0 aliphatic rings. The standard InChI is InChI=1S/C23H17Cl2N3OS/c1-15-6-12-18(13-7-15)28-22(19-4-2-3-5-20(19)25)26-27-23(28)30-14-21(29)16-8-10-17(24)11-9-16/h2-13H,14H2,1H3. The number of ketones is 1. The van der Waals surface area contributed by atoms with Crippen LogP contribution in [0.25, 0.3) is 17.1 Å². The molecule has 4 nitrogen and oxygen atoms in total. The Kier molecular flexibility index (Phi) is 6.23. The molecule has 0 N–H and O–H groups in total. The third kappa shape index (κ3) is 4.43. The molecular weight excluding hydrogens is 437 g/mol. The summed E-state index contributed by atoms with van der Waals surface area (Å²) in [5.74, 6) is 0.856. The number of carbonyl (C=O) groups is 1. The summed E-state index contributed by atoms with van der Waals surface area (Å²) in [4.78, 5) is 12.6. The molecule has 0 spiro atoms. The van der Waals surface area contributed by atoms with E-state index in [-0.39, 0.29) is 11.5 Å². The predicted molar refractivity (Wildman–Crippen MR) is 123 cm³/mol. The van der Waals surface area contributed by atoms with Crippen molar-refractivity contribution < 1.29 is 4.79 Å². The Morgan fingerprint density at radius 2 is 1.63 bits per heavy atom. The van der Waals surface area contributed by atoms with Crippen LogP contribution in [0.4, 0.5) is 0 Å². The quantitative estimate of drug-likeness (QED) is 0.246. The lowest BCUT2D eigenvalue weighted by Crippen LogP contribution is -2.05. The van der Waals surface area contributed by atoms with Gasteiger partial charge >= 0.3 is 0 Å². The summed E-state index contributed by atoms with van der Waals surface area (Å²) in [6.45, 7) is 2.03. The molecule has 1 aromatic heterocycles. The fraction of sp³-hybridized carbons (Fsp3) is 0.0870. The van der Waals surface area contributed by atoms with E-state index in [0.29, 0.717) is 26.6 Å². The van der Waals surface area contributed by atoms with Gasteiger partial charge in [0.1, 0.15) is 0 Å². The highest BCUT2D eigenvalue weighted by molar-refractivity contribution is 7.99. The van der Waals surface area contributed by atoms with Gasteiger partial charge in [0.05, 0.1) is 10.8 Å². The lowest BCUT2D eigenvalue weighted by molar-refractivity contribution is 0.102. The topological polar surface area (TPSA) is 47.8 Å². The first-order valence-corrected chi connectivity index (χ1v) is 11.0. The zero-order chi connectivity index (χ0) is 21.1. The average molecular weight is 454 g/mol. The van der Waals surface area contributed by atoms with Crippen molar-refractivity contribution in [1.82, 2.24) is 14.8 Å². The number of hydrogen-bond donors (Lipinski definition) is 0. The van der Waals surface area contributed by atoms with Gasteiger partial charge in [0.25, 0.3) is 0 Å². The van der Waals surface area contributed by atoms with Crippen LogP contribution >= 0.6 is 35.0 Å². The van der Waals surface area contributed by atoms with Gasteiger partial charge in [-0.1, -0.05) is 64.8 Å². The highest BCUT2D eigenvalue weighted by Gasteiger charge is 2.19. The Hall–Kier alpha value is -2.60. The van der Waals surface area contributed by atoms with E-state index >= 15 is 0 Å². The largest absolute Gasteiger partial charge is 0.293 e. The Labute approximate surface area is 188 Å². The summed E-state index contributed by atoms with van der Waals surface area (Å²) < 4.78 is 1.93. The zero-order valence-electron chi connectivity index (χ0n) is 16.0. The maximum absolute atomic E-state index is 12.6. The van der Waals surface area contributed by atoms with Gasteiger partial charge in [0, 0.05) is 21.8 Å². The molecule has 30 heavy (non-hydrogen) atoms. The van der Waals surface area contributed by atoms with Gasteiger partial charge < -0.3 is 0 Å². The lowest BCUT2D eigenvalue weighted by Gasteiger charge is -2.11. The van der Waals surface area contributed by atoms with Crippen LogP contribution in [-0.4, -0.2) is 26.3 Å². The van der Waals surface area contributed by atoms with Crippen LogP contribution in [0.15, 0.2) is 78.0 Å². The number of aromatic nitrogens is 3. The molecule has 3 aromatic carbocycles. The van der Waals surface area contributed by atoms with Crippen molar-refractivity contribution in [3.63, 3.8) is 0 Å². The third-order valence-corrected chi connectivity index (χ3v) is 6.05. The highest BCUT2D eigenvalue weighted by Crippen LogP contribution is 2.32. The van der Waals surface area contributed by atoms with E-state index in [1.165, 1.54) is 11.8 Å². The fourth-order valence-electron chi connectivity index (χ4n) is 2.96. The van der Waals surface area contributed by atoms with E-state index in [1.807, 2.05) is 60.0 Å². The maximum Gasteiger partial charge on any atom is 0.196 e. The van der Waals surface area contributed by atoms with Crippen molar-refractivity contribution in [3.05, 3.63) is 94.0 Å². The summed E-state index contributed by atoms with van der Waals surface area (Å²) in [6, 6.07) is 22.5. The van der Waals surface area contributed by atoms with E-state index in [0.717, 1.165) is 16.8 Å². The molecule has 4 rings (SSSR count). The first-order valence-electron chi connectivity index (χ1n) is 9.22. The third-order valence-electron chi connectivity index (χ3n) is 4.54. The van der Waals surface area contributed by atoms with Crippen LogP contribution in [0.3, 0.4) is 0 Å². The summed E-state index contributed by atoms with van der Waals surface area (Å²) in [6.07, 6.45) is 0. The van der Waals surface area contributed by atoms with Gasteiger partial charge in [-0.15, -0.1) is 10.2 Å². The van der Waals surface area contributed by atoms with Crippen LogP contribution in [0.2, 0.25) is 10.0 Å². The molecule has 0 fully saturated rings. The van der Waals surface area contributed by atoms with Gasteiger partial charge in [-0.25, -0.2) is 0 Å². The number of thioether (sulfide) groups is 1. The first kappa shape index (κ1) is 20.7. The monoisotopic (exact) mass is 453 g/mol. The van der Waals surface area contributed by atoms with Gasteiger partial charge in [-0.05, 0) is 55.5 Å². The number of hydrogen-bond acceptors (Lipinski definition) is 4. The van der Waals surface area contributed by atoms with Crippen molar-refractivity contribution >= 4 is 40.7 Å². The Morgan fingerprint density at radius 3 is 2.33 bits per heavy atom. The molecule has 0 amide bonds. The minimum Gasteiger partial charge on any atom is -0.293 e. The summed E-state index contributed by atoms with van der Waals surface area (Å²) in [7, 11) is 0. The minimum absolute atomic E-state index is 0.00517. The molecule has 0 unspecified atom stereocenters. The van der Waals surface area contributed by atoms with Crippen LogP contribution in [0.1, 0.15) is 15.9 Å². The summed E-state index contributed by atoms with van der Waals surface area (Å²) in [5, 5.41) is 10.6. The Morgan fingerprint density at radius 1 is 0.933 bits per heavy atom. The molecular formula is C23H17Cl2N3OS. The highest BCUT2D eigenvalue weighted by atomic mass is 35.5. The normalized spacial score (nSPS) is 10.9. The maximum atomic E-state index is 12.6. The molecule has 0 aliphatic carbocycles. The first-order chi connectivity index (χ1) is 14.5. The second-order valence-corrected chi connectivity index (χ2v) is 8.46. The SMILES string of the molecule is Cc1ccc(-n2c(SCC(=O)c3ccc(Cl)cc3)nnc2-c2ccccc2Cl)cc1. The van der Waals surface area contributed by atoms with E-state index < -0.39 is 0 Å². The van der Waals surface area contributed by atoms with Crippen LogP contribution in [0.5, 0.6) is 0 Å². The van der Waals surface area contributed by atoms with E-state index in [2.05, 4.69) is 10.2 Å². The smallest absolute Gasteiger partial charge is 0.196 e. The second kappa shape index (κ2) is 9.04. The molecule has 1 heterocycles. The van der Waals surface area contributed by atoms with Crippen molar-refractivity contribution in [3.8, 4) is 17.1 Å². The zero-order valence-corrected chi connectivity index (χ0v) is 18.4. The molecule has 0 aliphatic heterocycles. The van der Waals surface area contributed by atoms with Gasteiger partial charge in [0.15, 0.2) is 16.8 Å².